The molecular weight excluding hydrogens is 372 g/mol. The van der Waals surface area contributed by atoms with E-state index in [1.165, 1.54) is 4.31 Å². The third-order valence-corrected chi connectivity index (χ3v) is 8.50. The first kappa shape index (κ1) is 18.0. The fourth-order valence-electron chi connectivity index (χ4n) is 6.09. The maximum Gasteiger partial charge on any atom is 0.265 e. The van der Waals surface area contributed by atoms with Gasteiger partial charge in [-0.2, -0.15) is 0 Å². The van der Waals surface area contributed by atoms with Gasteiger partial charge < -0.3 is 4.90 Å². The number of carbonyl (C=O) groups is 1. The highest BCUT2D eigenvalue weighted by molar-refractivity contribution is 7.93. The quantitative estimate of drug-likeness (QED) is 0.774. The lowest BCUT2D eigenvalue weighted by Crippen LogP contribution is -2.44. The van der Waals surface area contributed by atoms with Crippen LogP contribution in [0.3, 0.4) is 0 Å². The molecule has 2 heterocycles. The van der Waals surface area contributed by atoms with E-state index in [1.54, 1.807) is 18.2 Å². The molecule has 0 aromatic heterocycles. The van der Waals surface area contributed by atoms with Crippen LogP contribution in [0, 0.1) is 10.8 Å². The number of amides is 1. The molecule has 2 fully saturated rings. The maximum absolute atomic E-state index is 13.3. The van der Waals surface area contributed by atoms with Gasteiger partial charge in [-0.15, -0.1) is 0 Å². The number of likely N-dealkylation sites (tertiary alicyclic amines) is 1. The van der Waals surface area contributed by atoms with Gasteiger partial charge in [0.2, 0.25) is 5.91 Å². The summed E-state index contributed by atoms with van der Waals surface area (Å²) in [6, 6.07) is 11.1. The Bertz CT molecular complexity index is 1100. The molecule has 1 aliphatic carbocycles. The van der Waals surface area contributed by atoms with Crippen LogP contribution < -0.4 is 4.31 Å². The lowest BCUT2D eigenvalue weighted by atomic mass is 9.65. The Morgan fingerprint density at radius 1 is 1.11 bits per heavy atom. The van der Waals surface area contributed by atoms with Crippen LogP contribution in [0.25, 0.3) is 10.8 Å². The van der Waals surface area contributed by atoms with Crippen LogP contribution in [0.1, 0.15) is 40.0 Å². The Labute approximate surface area is 166 Å². The van der Waals surface area contributed by atoms with Crippen molar-refractivity contribution in [2.75, 3.05) is 17.4 Å². The molecule has 6 heteroatoms. The minimum Gasteiger partial charge on any atom is -0.338 e. The van der Waals surface area contributed by atoms with Crippen molar-refractivity contribution in [2.24, 2.45) is 10.8 Å². The van der Waals surface area contributed by atoms with Gasteiger partial charge in [-0.05, 0) is 47.6 Å². The second-order valence-electron chi connectivity index (χ2n) is 9.88. The van der Waals surface area contributed by atoms with E-state index < -0.39 is 10.0 Å². The zero-order chi connectivity index (χ0) is 19.9. The van der Waals surface area contributed by atoms with Crippen molar-refractivity contribution in [3.05, 3.63) is 36.4 Å². The number of hydrogen-bond acceptors (Lipinski definition) is 3. The van der Waals surface area contributed by atoms with E-state index in [2.05, 4.69) is 20.8 Å². The monoisotopic (exact) mass is 398 g/mol. The Balaban J connectivity index is 1.48. The minimum atomic E-state index is -3.70. The number of rotatable bonds is 2. The van der Waals surface area contributed by atoms with Gasteiger partial charge in [0, 0.05) is 18.0 Å². The molecule has 1 saturated heterocycles. The summed E-state index contributed by atoms with van der Waals surface area (Å²) >= 11 is 0. The van der Waals surface area contributed by atoms with Gasteiger partial charge in [0.15, 0.2) is 0 Å². The number of benzene rings is 2. The molecule has 148 valence electrons. The normalized spacial score (nSPS) is 29.5. The number of carbonyl (C=O) groups excluding carboxylic acids is 1. The first-order chi connectivity index (χ1) is 13.1. The Kier molecular flexibility index (Phi) is 3.53. The molecule has 0 radical (unpaired) electrons. The molecule has 0 spiro atoms. The molecule has 2 aliphatic heterocycles. The fraction of sp³-hybridized carbons (Fsp3) is 0.500. The van der Waals surface area contributed by atoms with E-state index in [-0.39, 0.29) is 29.3 Å². The summed E-state index contributed by atoms with van der Waals surface area (Å²) in [7, 11) is -3.70. The number of sulfonamides is 1. The number of anilines is 1. The third kappa shape index (κ3) is 2.50. The van der Waals surface area contributed by atoms with Crippen molar-refractivity contribution >= 4 is 32.4 Å². The average molecular weight is 399 g/mol. The zero-order valence-corrected chi connectivity index (χ0v) is 17.4. The van der Waals surface area contributed by atoms with Gasteiger partial charge in [-0.1, -0.05) is 45.0 Å². The van der Waals surface area contributed by atoms with Crippen LogP contribution in [0.2, 0.25) is 0 Å². The first-order valence-electron chi connectivity index (χ1n) is 9.94. The predicted octanol–water partition coefficient (Wildman–Crippen LogP) is 3.78. The third-order valence-electron chi connectivity index (χ3n) is 6.70. The lowest BCUT2D eigenvalue weighted by Gasteiger charge is -2.39. The van der Waals surface area contributed by atoms with E-state index in [0.717, 1.165) is 36.6 Å². The highest BCUT2D eigenvalue weighted by Gasteiger charge is 2.51. The molecular formula is C22H26N2O3S. The second kappa shape index (κ2) is 5.50. The minimum absolute atomic E-state index is 0.0835. The maximum atomic E-state index is 13.3. The standard InChI is InChI=1S/C22H26N2O3S/c1-21(2)10-16-11-22(3,13-21)14-23(16)19(25)12-24-17-8-4-6-15-7-5-9-18(20(15)17)28(24,26)27/h4-9,16H,10-14H2,1-3H3/t16-,22-/m1/s1. The Morgan fingerprint density at radius 2 is 1.82 bits per heavy atom. The predicted molar refractivity (Wildman–Crippen MR) is 110 cm³/mol. The highest BCUT2D eigenvalue weighted by Crippen LogP contribution is 2.52. The van der Waals surface area contributed by atoms with Gasteiger partial charge in [0.25, 0.3) is 10.0 Å². The SMILES string of the molecule is CC1(C)C[C@@H]2C[C@@](C)(CN2C(=O)CN2c3cccc4cccc(c34)S2(=O)=O)C1. The van der Waals surface area contributed by atoms with Gasteiger partial charge >= 0.3 is 0 Å². The van der Waals surface area contributed by atoms with Crippen molar-refractivity contribution < 1.29 is 13.2 Å². The van der Waals surface area contributed by atoms with Crippen molar-refractivity contribution in [3.63, 3.8) is 0 Å². The van der Waals surface area contributed by atoms with Crippen LogP contribution in [0.4, 0.5) is 5.69 Å². The summed E-state index contributed by atoms with van der Waals surface area (Å²) in [4.78, 5) is 15.5. The number of hydrogen-bond donors (Lipinski definition) is 0. The molecule has 2 aromatic carbocycles. The summed E-state index contributed by atoms with van der Waals surface area (Å²) in [6.07, 6.45) is 3.11. The number of nitrogens with zero attached hydrogens (tertiary/aromatic N) is 2. The largest absolute Gasteiger partial charge is 0.338 e. The molecule has 1 saturated carbocycles. The highest BCUT2D eigenvalue weighted by atomic mass is 32.2. The molecule has 0 unspecified atom stereocenters. The van der Waals surface area contributed by atoms with Crippen LogP contribution in [0.5, 0.6) is 0 Å². The smallest absolute Gasteiger partial charge is 0.265 e. The molecule has 0 N–H and O–H groups in total. The van der Waals surface area contributed by atoms with Crippen LogP contribution >= 0.6 is 0 Å². The van der Waals surface area contributed by atoms with Crippen molar-refractivity contribution in [2.45, 2.75) is 51.0 Å². The lowest BCUT2D eigenvalue weighted by molar-refractivity contribution is -0.130. The molecule has 1 amide bonds. The van der Waals surface area contributed by atoms with Gasteiger partial charge in [-0.25, -0.2) is 8.42 Å². The average Bonchev–Trinajstić information content (AvgIpc) is 2.98. The van der Waals surface area contributed by atoms with Gasteiger partial charge in [-0.3, -0.25) is 9.10 Å². The Hall–Kier alpha value is -2.08. The zero-order valence-electron chi connectivity index (χ0n) is 16.6. The van der Waals surface area contributed by atoms with Crippen LogP contribution in [-0.2, 0) is 14.8 Å². The summed E-state index contributed by atoms with van der Waals surface area (Å²) in [5.41, 5.74) is 0.971. The summed E-state index contributed by atoms with van der Waals surface area (Å²) in [5, 5.41) is 1.62. The van der Waals surface area contributed by atoms with Crippen LogP contribution in [0.15, 0.2) is 41.3 Å². The van der Waals surface area contributed by atoms with Crippen molar-refractivity contribution in [1.82, 2.24) is 4.90 Å². The molecule has 5 nitrogen and oxygen atoms in total. The van der Waals surface area contributed by atoms with Gasteiger partial charge in [0.05, 0.1) is 10.6 Å². The molecule has 2 atom stereocenters. The molecule has 2 bridgehead atoms. The fourth-order valence-corrected chi connectivity index (χ4v) is 7.75. The van der Waals surface area contributed by atoms with Crippen molar-refractivity contribution in [1.29, 1.82) is 0 Å². The summed E-state index contributed by atoms with van der Waals surface area (Å²) in [6.45, 7) is 7.41. The summed E-state index contributed by atoms with van der Waals surface area (Å²) < 4.78 is 27.6. The topological polar surface area (TPSA) is 57.7 Å². The van der Waals surface area contributed by atoms with E-state index in [4.69, 9.17) is 0 Å². The van der Waals surface area contributed by atoms with E-state index in [9.17, 15) is 13.2 Å². The molecule has 28 heavy (non-hydrogen) atoms. The molecule has 5 rings (SSSR count). The second-order valence-corrected chi connectivity index (χ2v) is 11.7. The Morgan fingerprint density at radius 3 is 2.57 bits per heavy atom. The summed E-state index contributed by atoms with van der Waals surface area (Å²) in [5.74, 6) is -0.0835. The van der Waals surface area contributed by atoms with Crippen molar-refractivity contribution in [3.8, 4) is 0 Å². The van der Waals surface area contributed by atoms with E-state index in [1.807, 2.05) is 23.1 Å². The first-order valence-corrected chi connectivity index (χ1v) is 11.4. The van der Waals surface area contributed by atoms with E-state index in [0.29, 0.717) is 10.6 Å². The van der Waals surface area contributed by atoms with Crippen LogP contribution in [-0.4, -0.2) is 38.4 Å². The van der Waals surface area contributed by atoms with E-state index >= 15 is 0 Å². The number of fused-ring (bicyclic) bond motifs is 2. The van der Waals surface area contributed by atoms with Gasteiger partial charge in [0.1, 0.15) is 6.54 Å². The molecule has 2 aromatic rings. The molecule has 3 aliphatic rings.